The fourth-order valence-electron chi connectivity index (χ4n) is 2.46. The second-order valence-electron chi connectivity index (χ2n) is 5.01. The molecule has 2 N–H and O–H groups in total. The van der Waals surface area contributed by atoms with Crippen molar-refractivity contribution in [2.75, 3.05) is 0 Å². The highest BCUT2D eigenvalue weighted by Gasteiger charge is 2.21. The topological polar surface area (TPSA) is 75.6 Å². The van der Waals surface area contributed by atoms with Crippen LogP contribution in [-0.2, 0) is 0 Å². The van der Waals surface area contributed by atoms with E-state index in [9.17, 15) is 14.4 Å². The number of nitrogens with zero attached hydrogens (tertiary/aromatic N) is 4. The molecule has 3 aromatic heterocycles. The van der Waals surface area contributed by atoms with E-state index in [-0.39, 0.29) is 11.1 Å². The highest BCUT2D eigenvalue weighted by molar-refractivity contribution is 6.59. The summed E-state index contributed by atoms with van der Waals surface area (Å²) >= 11 is 0. The molecule has 3 rings (SSSR count). The summed E-state index contributed by atoms with van der Waals surface area (Å²) < 4.78 is 17.2. The first kappa shape index (κ1) is 13.8. The van der Waals surface area contributed by atoms with Gasteiger partial charge in [-0.25, -0.2) is 8.91 Å². The van der Waals surface area contributed by atoms with Gasteiger partial charge >= 0.3 is 7.12 Å². The molecule has 0 saturated carbocycles. The summed E-state index contributed by atoms with van der Waals surface area (Å²) in [5.74, 6) is -0.300. The van der Waals surface area contributed by atoms with Gasteiger partial charge in [-0.1, -0.05) is 0 Å². The molecule has 0 radical (unpaired) electrons. The summed E-state index contributed by atoms with van der Waals surface area (Å²) in [5, 5.41) is 22.9. The molecular formula is C13H14BFN4O2. The van der Waals surface area contributed by atoms with Gasteiger partial charge in [0.15, 0.2) is 11.5 Å². The smallest absolute Gasteiger partial charge is 0.423 e. The Bertz CT molecular complexity index is 821. The summed E-state index contributed by atoms with van der Waals surface area (Å²) in [6.45, 7) is 5.45. The van der Waals surface area contributed by atoms with Crippen LogP contribution < -0.4 is 5.46 Å². The summed E-state index contributed by atoms with van der Waals surface area (Å²) in [5.41, 5.74) is 2.42. The molecule has 0 saturated heterocycles. The van der Waals surface area contributed by atoms with Crippen LogP contribution in [-0.4, -0.2) is 36.3 Å². The van der Waals surface area contributed by atoms with Crippen LogP contribution in [0.1, 0.15) is 17.1 Å². The third-order valence-corrected chi connectivity index (χ3v) is 3.58. The van der Waals surface area contributed by atoms with Gasteiger partial charge in [-0.15, -0.1) is 5.10 Å². The quantitative estimate of drug-likeness (QED) is 0.663. The Hall–Kier alpha value is -2.19. The van der Waals surface area contributed by atoms with Gasteiger partial charge in [0.25, 0.3) is 5.95 Å². The maximum Gasteiger partial charge on any atom is 0.490 e. The second kappa shape index (κ2) is 4.68. The maximum atomic E-state index is 14.1. The average molecular weight is 288 g/mol. The first-order valence-corrected chi connectivity index (χ1v) is 6.47. The van der Waals surface area contributed by atoms with E-state index in [1.165, 1.54) is 4.52 Å². The van der Waals surface area contributed by atoms with Gasteiger partial charge in [0.2, 0.25) is 0 Å². The van der Waals surface area contributed by atoms with Crippen LogP contribution in [0, 0.1) is 26.6 Å². The van der Waals surface area contributed by atoms with E-state index in [0.29, 0.717) is 11.6 Å². The first-order valence-electron chi connectivity index (χ1n) is 6.47. The SMILES string of the molecule is Cc1ccc(C)n1-c1nc2c(F)cc(B(O)O)c(C)n2n1. The largest absolute Gasteiger partial charge is 0.490 e. The van der Waals surface area contributed by atoms with Crippen LogP contribution in [0.15, 0.2) is 18.2 Å². The number of hydrogen-bond acceptors (Lipinski definition) is 4. The standard InChI is InChI=1S/C13H14BFN4O2/c1-7-4-5-8(2)18(7)13-16-12-11(15)6-10(14(20)21)9(3)19(12)17-13/h4-6,20-21H,1-3H3. The molecule has 0 amide bonds. The van der Waals surface area contributed by atoms with Crippen LogP contribution in [0.4, 0.5) is 4.39 Å². The van der Waals surface area contributed by atoms with Crippen molar-refractivity contribution >= 4 is 18.2 Å². The number of rotatable bonds is 2. The van der Waals surface area contributed by atoms with Crippen molar-refractivity contribution in [3.8, 4) is 5.95 Å². The molecule has 0 aliphatic heterocycles. The van der Waals surface area contributed by atoms with Gasteiger partial charge in [0.05, 0.1) is 0 Å². The Kier molecular flexibility index (Phi) is 3.07. The van der Waals surface area contributed by atoms with Crippen molar-refractivity contribution in [3.63, 3.8) is 0 Å². The molecular weight excluding hydrogens is 274 g/mol. The average Bonchev–Trinajstić information content (AvgIpc) is 2.98. The van der Waals surface area contributed by atoms with Crippen LogP contribution in [0.25, 0.3) is 11.6 Å². The fourth-order valence-corrected chi connectivity index (χ4v) is 2.46. The lowest BCUT2D eigenvalue weighted by atomic mass is 9.79. The molecule has 3 aromatic rings. The molecule has 21 heavy (non-hydrogen) atoms. The van der Waals surface area contributed by atoms with E-state index in [2.05, 4.69) is 10.1 Å². The molecule has 0 aliphatic rings. The molecule has 0 aromatic carbocycles. The van der Waals surface area contributed by atoms with Crippen molar-refractivity contribution in [2.24, 2.45) is 0 Å². The summed E-state index contributed by atoms with van der Waals surface area (Å²) in [6, 6.07) is 4.92. The number of halogens is 1. The van der Waals surface area contributed by atoms with Crippen molar-refractivity contribution in [2.45, 2.75) is 20.8 Å². The third-order valence-electron chi connectivity index (χ3n) is 3.58. The normalized spacial score (nSPS) is 11.3. The molecule has 0 fully saturated rings. The van der Waals surface area contributed by atoms with Gasteiger partial charge in [-0.2, -0.15) is 4.98 Å². The maximum absolute atomic E-state index is 14.1. The van der Waals surface area contributed by atoms with Gasteiger partial charge in [0.1, 0.15) is 0 Å². The lowest BCUT2D eigenvalue weighted by Crippen LogP contribution is -2.34. The lowest BCUT2D eigenvalue weighted by molar-refractivity contribution is 0.424. The van der Waals surface area contributed by atoms with Crippen molar-refractivity contribution < 1.29 is 14.4 Å². The minimum Gasteiger partial charge on any atom is -0.423 e. The Morgan fingerprint density at radius 1 is 1.14 bits per heavy atom. The lowest BCUT2D eigenvalue weighted by Gasteiger charge is -2.06. The van der Waals surface area contributed by atoms with Crippen LogP contribution in [0.5, 0.6) is 0 Å². The minimum absolute atomic E-state index is 0.0550. The molecule has 0 spiro atoms. The Balaban J connectivity index is 2.30. The Morgan fingerprint density at radius 3 is 2.33 bits per heavy atom. The zero-order valence-corrected chi connectivity index (χ0v) is 11.9. The van der Waals surface area contributed by atoms with Gasteiger partial charge in [-0.05, 0) is 39.0 Å². The molecule has 108 valence electrons. The van der Waals surface area contributed by atoms with Gasteiger partial charge in [0, 0.05) is 22.5 Å². The van der Waals surface area contributed by atoms with E-state index < -0.39 is 12.9 Å². The van der Waals surface area contributed by atoms with Crippen molar-refractivity contribution in [3.05, 3.63) is 41.1 Å². The predicted octanol–water partition coefficient (Wildman–Crippen LogP) is 0.264. The molecule has 0 bridgehead atoms. The predicted molar refractivity (Wildman–Crippen MR) is 76.3 cm³/mol. The van der Waals surface area contributed by atoms with Gasteiger partial charge < -0.3 is 10.0 Å². The Morgan fingerprint density at radius 2 is 1.76 bits per heavy atom. The molecule has 0 unspecified atom stereocenters. The molecule has 6 nitrogen and oxygen atoms in total. The molecule has 0 atom stereocenters. The fraction of sp³-hybridized carbons (Fsp3) is 0.231. The van der Waals surface area contributed by atoms with E-state index >= 15 is 0 Å². The zero-order chi connectivity index (χ0) is 15.3. The summed E-state index contributed by atoms with van der Waals surface area (Å²) in [6.07, 6.45) is 0. The molecule has 8 heteroatoms. The highest BCUT2D eigenvalue weighted by Crippen LogP contribution is 2.16. The minimum atomic E-state index is -1.76. The van der Waals surface area contributed by atoms with Crippen LogP contribution >= 0.6 is 0 Å². The van der Waals surface area contributed by atoms with Crippen molar-refractivity contribution in [1.29, 1.82) is 0 Å². The van der Waals surface area contributed by atoms with E-state index in [4.69, 9.17) is 0 Å². The highest BCUT2D eigenvalue weighted by atomic mass is 19.1. The van der Waals surface area contributed by atoms with E-state index in [1.54, 1.807) is 11.5 Å². The van der Waals surface area contributed by atoms with Gasteiger partial charge in [-0.3, -0.25) is 4.57 Å². The number of hydrogen-bond donors (Lipinski definition) is 2. The second-order valence-corrected chi connectivity index (χ2v) is 5.01. The van der Waals surface area contributed by atoms with E-state index in [1.807, 2.05) is 26.0 Å². The van der Waals surface area contributed by atoms with Crippen LogP contribution in [0.3, 0.4) is 0 Å². The Labute approximate surface area is 120 Å². The monoisotopic (exact) mass is 288 g/mol. The summed E-state index contributed by atoms with van der Waals surface area (Å²) in [4.78, 5) is 4.21. The van der Waals surface area contributed by atoms with Crippen LogP contribution in [0.2, 0.25) is 0 Å². The molecule has 0 aliphatic carbocycles. The number of aromatic nitrogens is 4. The number of pyridine rings is 1. The number of aryl methyl sites for hydroxylation is 3. The summed E-state index contributed by atoms with van der Waals surface area (Å²) in [7, 11) is -1.76. The first-order chi connectivity index (χ1) is 9.90. The van der Waals surface area contributed by atoms with Crippen molar-refractivity contribution in [1.82, 2.24) is 19.2 Å². The number of fused-ring (bicyclic) bond motifs is 1. The molecule has 3 heterocycles. The zero-order valence-electron chi connectivity index (χ0n) is 11.9. The third kappa shape index (κ3) is 2.03. The van der Waals surface area contributed by atoms with E-state index in [0.717, 1.165) is 17.5 Å².